The second-order valence-electron chi connectivity index (χ2n) is 2.85. The molecule has 15 heavy (non-hydrogen) atoms. The van der Waals surface area contributed by atoms with Gasteiger partial charge < -0.3 is 5.32 Å². The zero-order valence-corrected chi connectivity index (χ0v) is 9.40. The van der Waals surface area contributed by atoms with E-state index in [2.05, 4.69) is 18.5 Å². The van der Waals surface area contributed by atoms with Gasteiger partial charge >= 0.3 is 0 Å². The van der Waals surface area contributed by atoms with Crippen LogP contribution in [0.3, 0.4) is 0 Å². The SMILES string of the molecule is C=C(Cl)C(=C)NC(=O)c1cccc(Cl)c1. The van der Waals surface area contributed by atoms with E-state index in [1.54, 1.807) is 24.3 Å². The van der Waals surface area contributed by atoms with Crippen molar-refractivity contribution in [2.24, 2.45) is 0 Å². The fourth-order valence-electron chi connectivity index (χ4n) is 0.907. The van der Waals surface area contributed by atoms with Crippen LogP contribution in [0.4, 0.5) is 0 Å². The summed E-state index contributed by atoms with van der Waals surface area (Å²) in [6.45, 7) is 6.99. The normalized spacial score (nSPS) is 9.47. The van der Waals surface area contributed by atoms with Crippen molar-refractivity contribution in [2.75, 3.05) is 0 Å². The van der Waals surface area contributed by atoms with Crippen LogP contribution >= 0.6 is 23.2 Å². The van der Waals surface area contributed by atoms with Crippen molar-refractivity contribution >= 4 is 29.1 Å². The summed E-state index contributed by atoms with van der Waals surface area (Å²) in [7, 11) is 0. The van der Waals surface area contributed by atoms with Crippen molar-refractivity contribution in [1.29, 1.82) is 0 Å². The van der Waals surface area contributed by atoms with Gasteiger partial charge in [-0.15, -0.1) is 0 Å². The minimum Gasteiger partial charge on any atom is -0.321 e. The lowest BCUT2D eigenvalue weighted by Gasteiger charge is -2.06. The molecule has 0 aliphatic rings. The molecular formula is C11H9Cl2NO. The van der Waals surface area contributed by atoms with Crippen LogP contribution in [0.1, 0.15) is 10.4 Å². The molecule has 0 fully saturated rings. The molecule has 1 N–H and O–H groups in total. The predicted octanol–water partition coefficient (Wildman–Crippen LogP) is 3.34. The largest absolute Gasteiger partial charge is 0.321 e. The molecule has 0 saturated carbocycles. The Labute approximate surface area is 98.2 Å². The molecule has 0 aliphatic heterocycles. The molecule has 0 spiro atoms. The van der Waals surface area contributed by atoms with E-state index in [9.17, 15) is 4.79 Å². The van der Waals surface area contributed by atoms with Gasteiger partial charge in [-0.05, 0) is 18.2 Å². The van der Waals surface area contributed by atoms with Crippen LogP contribution in [0.15, 0.2) is 48.2 Å². The van der Waals surface area contributed by atoms with Crippen molar-refractivity contribution < 1.29 is 4.79 Å². The van der Waals surface area contributed by atoms with Gasteiger partial charge in [-0.2, -0.15) is 0 Å². The molecule has 2 nitrogen and oxygen atoms in total. The first-order valence-electron chi connectivity index (χ1n) is 4.11. The molecule has 4 heteroatoms. The molecule has 78 valence electrons. The first-order chi connectivity index (χ1) is 7.00. The third kappa shape index (κ3) is 3.42. The average molecular weight is 242 g/mol. The summed E-state index contributed by atoms with van der Waals surface area (Å²) < 4.78 is 0. The summed E-state index contributed by atoms with van der Waals surface area (Å²) in [6, 6.07) is 6.58. The van der Waals surface area contributed by atoms with E-state index in [0.717, 1.165) is 0 Å². The number of nitrogens with one attached hydrogen (secondary N) is 1. The lowest BCUT2D eigenvalue weighted by atomic mass is 10.2. The number of benzene rings is 1. The van der Waals surface area contributed by atoms with Crippen molar-refractivity contribution in [3.8, 4) is 0 Å². The second kappa shape index (κ2) is 5.01. The van der Waals surface area contributed by atoms with E-state index in [1.165, 1.54) is 0 Å². The van der Waals surface area contributed by atoms with Crippen LogP contribution < -0.4 is 5.32 Å². The number of rotatable bonds is 3. The van der Waals surface area contributed by atoms with Gasteiger partial charge in [0.1, 0.15) is 0 Å². The number of allylic oxidation sites excluding steroid dienone is 1. The Morgan fingerprint density at radius 3 is 2.53 bits per heavy atom. The molecule has 1 aromatic rings. The molecule has 0 aromatic heterocycles. The number of carbonyl (C=O) groups excluding carboxylic acids is 1. The van der Waals surface area contributed by atoms with Crippen LogP contribution in [0, 0.1) is 0 Å². The smallest absolute Gasteiger partial charge is 0.255 e. The van der Waals surface area contributed by atoms with Crippen LogP contribution in [-0.2, 0) is 0 Å². The van der Waals surface area contributed by atoms with E-state index in [1.807, 2.05) is 0 Å². The third-order valence-electron chi connectivity index (χ3n) is 1.68. The molecule has 1 aromatic carbocycles. The molecule has 1 amide bonds. The molecule has 0 bridgehead atoms. The number of carbonyl (C=O) groups is 1. The number of hydrogen-bond donors (Lipinski definition) is 1. The monoisotopic (exact) mass is 241 g/mol. The molecule has 0 aliphatic carbocycles. The molecule has 1 rings (SSSR count). The Kier molecular flexibility index (Phi) is 3.95. The van der Waals surface area contributed by atoms with E-state index in [4.69, 9.17) is 23.2 Å². The highest BCUT2D eigenvalue weighted by Crippen LogP contribution is 2.12. The van der Waals surface area contributed by atoms with Crippen molar-refractivity contribution in [3.63, 3.8) is 0 Å². The Hall–Kier alpha value is -1.25. The van der Waals surface area contributed by atoms with Gasteiger partial charge in [0, 0.05) is 10.6 Å². The molecule has 0 heterocycles. The summed E-state index contributed by atoms with van der Waals surface area (Å²) >= 11 is 11.3. The third-order valence-corrected chi connectivity index (χ3v) is 2.14. The van der Waals surface area contributed by atoms with Crippen LogP contribution in [0.5, 0.6) is 0 Å². The summed E-state index contributed by atoms with van der Waals surface area (Å²) in [5, 5.41) is 3.20. The Bertz CT molecular complexity index is 426. The molecule has 0 saturated heterocycles. The first kappa shape index (κ1) is 11.8. The fourth-order valence-corrected chi connectivity index (χ4v) is 1.14. The average Bonchev–Trinajstić information content (AvgIpc) is 2.17. The minimum absolute atomic E-state index is 0.199. The van der Waals surface area contributed by atoms with Gasteiger partial charge in [0.25, 0.3) is 5.91 Å². The second-order valence-corrected chi connectivity index (χ2v) is 3.74. The summed E-state index contributed by atoms with van der Waals surface area (Å²) in [5.41, 5.74) is 0.725. The molecule has 0 radical (unpaired) electrons. The quantitative estimate of drug-likeness (QED) is 0.809. The highest BCUT2D eigenvalue weighted by Gasteiger charge is 2.07. The first-order valence-corrected chi connectivity index (χ1v) is 4.87. The van der Waals surface area contributed by atoms with Crippen molar-refractivity contribution in [2.45, 2.75) is 0 Å². The standard InChI is InChI=1S/C11H9Cl2NO/c1-7(12)8(2)14-11(15)9-4-3-5-10(13)6-9/h3-6H,1-2H2,(H,14,15). The predicted molar refractivity (Wildman–Crippen MR) is 63.1 cm³/mol. The van der Waals surface area contributed by atoms with E-state index < -0.39 is 0 Å². The van der Waals surface area contributed by atoms with E-state index in [-0.39, 0.29) is 16.6 Å². The van der Waals surface area contributed by atoms with Gasteiger partial charge in [-0.1, -0.05) is 42.4 Å². The Morgan fingerprint density at radius 2 is 2.00 bits per heavy atom. The minimum atomic E-state index is -0.315. The van der Waals surface area contributed by atoms with E-state index in [0.29, 0.717) is 10.6 Å². The highest BCUT2D eigenvalue weighted by molar-refractivity contribution is 6.32. The van der Waals surface area contributed by atoms with Gasteiger partial charge in [0.2, 0.25) is 0 Å². The van der Waals surface area contributed by atoms with Gasteiger partial charge in [-0.3, -0.25) is 4.79 Å². The number of amides is 1. The summed E-state index contributed by atoms with van der Waals surface area (Å²) in [4.78, 5) is 11.6. The zero-order valence-electron chi connectivity index (χ0n) is 7.89. The Morgan fingerprint density at radius 1 is 1.33 bits per heavy atom. The molecule has 0 unspecified atom stereocenters. The fraction of sp³-hybridized carbons (Fsp3) is 0. The maximum Gasteiger partial charge on any atom is 0.255 e. The van der Waals surface area contributed by atoms with Crippen molar-refractivity contribution in [3.05, 3.63) is 58.7 Å². The van der Waals surface area contributed by atoms with Gasteiger partial charge in [-0.25, -0.2) is 0 Å². The van der Waals surface area contributed by atoms with Gasteiger partial charge in [0.05, 0.1) is 10.7 Å². The van der Waals surface area contributed by atoms with Crippen LogP contribution in [-0.4, -0.2) is 5.91 Å². The molecular weight excluding hydrogens is 233 g/mol. The number of hydrogen-bond acceptors (Lipinski definition) is 1. The van der Waals surface area contributed by atoms with Crippen molar-refractivity contribution in [1.82, 2.24) is 5.32 Å². The Balaban J connectivity index is 2.78. The van der Waals surface area contributed by atoms with Crippen LogP contribution in [0.25, 0.3) is 0 Å². The van der Waals surface area contributed by atoms with E-state index >= 15 is 0 Å². The zero-order chi connectivity index (χ0) is 11.4. The lowest BCUT2D eigenvalue weighted by Crippen LogP contribution is -2.22. The van der Waals surface area contributed by atoms with Gasteiger partial charge in [0.15, 0.2) is 0 Å². The summed E-state index contributed by atoms with van der Waals surface area (Å²) in [6.07, 6.45) is 0. The topological polar surface area (TPSA) is 29.1 Å². The molecule has 0 atom stereocenters. The van der Waals surface area contributed by atoms with Crippen LogP contribution in [0.2, 0.25) is 5.02 Å². The summed E-state index contributed by atoms with van der Waals surface area (Å²) in [5.74, 6) is -0.315. The maximum absolute atomic E-state index is 11.6. The lowest BCUT2D eigenvalue weighted by molar-refractivity contribution is 0.0967. The number of halogens is 2. The maximum atomic E-state index is 11.6. The highest BCUT2D eigenvalue weighted by atomic mass is 35.5.